The van der Waals surface area contributed by atoms with E-state index < -0.39 is 12.0 Å². The number of carbonyl (C=O) groups is 5. The van der Waals surface area contributed by atoms with Crippen LogP contribution in [0.15, 0.2) is 30.3 Å². The van der Waals surface area contributed by atoms with Crippen LogP contribution in [0.2, 0.25) is 0 Å². The molecule has 3 rings (SSSR count). The largest absolute Gasteiger partial charge is 0.459 e. The highest BCUT2D eigenvalue weighted by Crippen LogP contribution is 2.22. The summed E-state index contributed by atoms with van der Waals surface area (Å²) in [5, 5.41) is 0. The van der Waals surface area contributed by atoms with Crippen LogP contribution in [-0.4, -0.2) is 52.0 Å². The van der Waals surface area contributed by atoms with Crippen molar-refractivity contribution in [1.82, 2.24) is 9.80 Å². The first-order valence-electron chi connectivity index (χ1n) is 15.9. The van der Waals surface area contributed by atoms with Gasteiger partial charge in [-0.2, -0.15) is 0 Å². The van der Waals surface area contributed by atoms with E-state index in [0.29, 0.717) is 25.8 Å². The molecule has 2 aliphatic rings. The van der Waals surface area contributed by atoms with Gasteiger partial charge >= 0.3 is 5.97 Å². The second-order valence-electron chi connectivity index (χ2n) is 11.4. The van der Waals surface area contributed by atoms with Crippen LogP contribution in [0.3, 0.4) is 0 Å². The standard InChI is InChI=1S/C33H48N2O6/c36-29-21-22-30(37)34(29)25-17-12-10-8-6-4-2-1-3-5-7-9-11-16-20-28(35-31(38)23-24-32(35)39)33(40)41-26-27-18-14-13-15-19-27/h13-15,18-19,28H,1-12,16-17,20-26H2. The number of hydrogen-bond acceptors (Lipinski definition) is 6. The third-order valence-corrected chi connectivity index (χ3v) is 8.16. The van der Waals surface area contributed by atoms with E-state index in [4.69, 9.17) is 4.74 Å². The van der Waals surface area contributed by atoms with Crippen LogP contribution in [0.1, 0.15) is 128 Å². The van der Waals surface area contributed by atoms with Gasteiger partial charge in [0.15, 0.2) is 0 Å². The minimum absolute atomic E-state index is 0.00622. The van der Waals surface area contributed by atoms with Gasteiger partial charge in [0.25, 0.3) is 0 Å². The Hall–Kier alpha value is -3.03. The summed E-state index contributed by atoms with van der Waals surface area (Å²) < 4.78 is 5.49. The molecule has 1 aromatic carbocycles. The molecule has 0 aliphatic carbocycles. The minimum Gasteiger partial charge on any atom is -0.459 e. The lowest BCUT2D eigenvalue weighted by molar-refractivity contribution is -0.159. The third kappa shape index (κ3) is 11.4. The van der Waals surface area contributed by atoms with Crippen molar-refractivity contribution in [3.63, 3.8) is 0 Å². The van der Waals surface area contributed by atoms with Crippen molar-refractivity contribution in [2.45, 2.75) is 135 Å². The zero-order valence-electron chi connectivity index (χ0n) is 24.7. The molecule has 0 saturated carbocycles. The van der Waals surface area contributed by atoms with E-state index >= 15 is 0 Å². The van der Waals surface area contributed by atoms with Gasteiger partial charge in [0.1, 0.15) is 12.6 Å². The van der Waals surface area contributed by atoms with E-state index in [9.17, 15) is 24.0 Å². The highest BCUT2D eigenvalue weighted by molar-refractivity contribution is 6.05. The number of likely N-dealkylation sites (tertiary alicyclic amines) is 2. The molecule has 1 unspecified atom stereocenters. The first kappa shape index (κ1) is 32.5. The quantitative estimate of drug-likeness (QED) is 0.0987. The fourth-order valence-corrected chi connectivity index (χ4v) is 5.72. The van der Waals surface area contributed by atoms with Crippen molar-refractivity contribution in [2.75, 3.05) is 6.54 Å². The van der Waals surface area contributed by atoms with Crippen LogP contribution in [0.25, 0.3) is 0 Å². The van der Waals surface area contributed by atoms with Gasteiger partial charge in [-0.15, -0.1) is 0 Å². The summed E-state index contributed by atoms with van der Waals surface area (Å²) in [6.45, 7) is 0.731. The molecule has 2 aliphatic heterocycles. The van der Waals surface area contributed by atoms with Crippen molar-refractivity contribution < 1.29 is 28.7 Å². The van der Waals surface area contributed by atoms with Crippen molar-refractivity contribution in [1.29, 1.82) is 0 Å². The molecule has 8 nitrogen and oxygen atoms in total. The van der Waals surface area contributed by atoms with E-state index in [0.717, 1.165) is 49.0 Å². The molecule has 1 atom stereocenters. The van der Waals surface area contributed by atoms with Gasteiger partial charge in [-0.1, -0.05) is 114 Å². The van der Waals surface area contributed by atoms with Crippen LogP contribution in [0, 0.1) is 0 Å². The number of imide groups is 2. The van der Waals surface area contributed by atoms with E-state index in [1.807, 2.05) is 30.3 Å². The Kier molecular flexibility index (Phi) is 14.6. The predicted octanol–water partition coefficient (Wildman–Crippen LogP) is 6.25. The Balaban J connectivity index is 1.17. The molecule has 0 spiro atoms. The normalized spacial score (nSPS) is 16.2. The molecular formula is C33H48N2O6. The van der Waals surface area contributed by atoms with Crippen LogP contribution in [-0.2, 0) is 35.3 Å². The third-order valence-electron chi connectivity index (χ3n) is 8.16. The second kappa shape index (κ2) is 18.4. The molecule has 0 aromatic heterocycles. The molecule has 0 N–H and O–H groups in total. The van der Waals surface area contributed by atoms with E-state index in [-0.39, 0.29) is 43.1 Å². The number of ether oxygens (including phenoxy) is 1. The number of carbonyl (C=O) groups excluding carboxylic acids is 5. The Morgan fingerprint density at radius 3 is 1.56 bits per heavy atom. The maximum atomic E-state index is 12.9. The summed E-state index contributed by atoms with van der Waals surface area (Å²) in [4.78, 5) is 63.2. The summed E-state index contributed by atoms with van der Waals surface area (Å²) in [6.07, 6.45) is 17.5. The van der Waals surface area contributed by atoms with Gasteiger partial charge in [0.05, 0.1) is 0 Å². The molecule has 1 aromatic rings. The lowest BCUT2D eigenvalue weighted by Crippen LogP contribution is -2.45. The zero-order chi connectivity index (χ0) is 29.3. The Morgan fingerprint density at radius 1 is 0.610 bits per heavy atom. The van der Waals surface area contributed by atoms with Crippen molar-refractivity contribution >= 4 is 29.6 Å². The number of hydrogen-bond donors (Lipinski definition) is 0. The maximum Gasteiger partial charge on any atom is 0.329 e. The van der Waals surface area contributed by atoms with Gasteiger partial charge in [-0.25, -0.2) is 4.79 Å². The Labute approximate surface area is 245 Å². The lowest BCUT2D eigenvalue weighted by Gasteiger charge is -2.24. The lowest BCUT2D eigenvalue weighted by atomic mass is 10.0. The zero-order valence-corrected chi connectivity index (χ0v) is 24.7. The van der Waals surface area contributed by atoms with Gasteiger partial charge in [0.2, 0.25) is 23.6 Å². The second-order valence-corrected chi connectivity index (χ2v) is 11.4. The first-order chi connectivity index (χ1) is 20.0. The molecule has 41 heavy (non-hydrogen) atoms. The van der Waals surface area contributed by atoms with Crippen LogP contribution in [0.4, 0.5) is 0 Å². The van der Waals surface area contributed by atoms with E-state index in [1.54, 1.807) is 0 Å². The predicted molar refractivity (Wildman–Crippen MR) is 156 cm³/mol. The van der Waals surface area contributed by atoms with Crippen molar-refractivity contribution in [2.24, 2.45) is 0 Å². The SMILES string of the molecule is O=C(OCc1ccccc1)C(CCCCCCCCCCCCCCCCN1C(=O)CCC1=O)N1C(=O)CCC1=O. The highest BCUT2D eigenvalue weighted by atomic mass is 16.5. The molecule has 4 amide bonds. The monoisotopic (exact) mass is 568 g/mol. The summed E-state index contributed by atoms with van der Waals surface area (Å²) in [5.74, 6) is -1.05. The van der Waals surface area contributed by atoms with Gasteiger partial charge in [-0.3, -0.25) is 29.0 Å². The van der Waals surface area contributed by atoms with Gasteiger partial charge < -0.3 is 4.74 Å². The Morgan fingerprint density at radius 2 is 1.05 bits per heavy atom. The number of rotatable bonds is 21. The number of amides is 4. The van der Waals surface area contributed by atoms with E-state index in [1.165, 1.54) is 56.3 Å². The Bertz CT molecular complexity index is 963. The highest BCUT2D eigenvalue weighted by Gasteiger charge is 2.39. The van der Waals surface area contributed by atoms with E-state index in [2.05, 4.69) is 0 Å². The fourth-order valence-electron chi connectivity index (χ4n) is 5.72. The average Bonchev–Trinajstić information content (AvgIpc) is 3.48. The number of benzene rings is 1. The molecule has 8 heteroatoms. The summed E-state index contributed by atoms with van der Waals surface area (Å²) in [5.41, 5.74) is 0.876. The summed E-state index contributed by atoms with van der Waals surface area (Å²) in [7, 11) is 0. The smallest absolute Gasteiger partial charge is 0.329 e. The molecule has 0 bridgehead atoms. The van der Waals surface area contributed by atoms with Gasteiger partial charge in [0, 0.05) is 32.2 Å². The maximum absolute atomic E-state index is 12.9. The average molecular weight is 569 g/mol. The van der Waals surface area contributed by atoms with Crippen LogP contribution >= 0.6 is 0 Å². The van der Waals surface area contributed by atoms with Crippen LogP contribution in [0.5, 0.6) is 0 Å². The topological polar surface area (TPSA) is 101 Å². The summed E-state index contributed by atoms with van der Waals surface area (Å²) >= 11 is 0. The van der Waals surface area contributed by atoms with Crippen molar-refractivity contribution in [3.8, 4) is 0 Å². The molecule has 2 saturated heterocycles. The molecule has 2 fully saturated rings. The molecular weight excluding hydrogens is 520 g/mol. The summed E-state index contributed by atoms with van der Waals surface area (Å²) in [6, 6.07) is 8.60. The molecule has 226 valence electrons. The number of nitrogens with zero attached hydrogens (tertiary/aromatic N) is 2. The van der Waals surface area contributed by atoms with Crippen molar-refractivity contribution in [3.05, 3.63) is 35.9 Å². The minimum atomic E-state index is -0.820. The number of esters is 1. The molecule has 2 heterocycles. The first-order valence-corrected chi connectivity index (χ1v) is 15.9. The van der Waals surface area contributed by atoms with Crippen LogP contribution < -0.4 is 0 Å². The molecule has 0 radical (unpaired) electrons. The van der Waals surface area contributed by atoms with Gasteiger partial charge in [-0.05, 0) is 18.4 Å². The number of unbranched alkanes of at least 4 members (excludes halogenated alkanes) is 13. The fraction of sp³-hybridized carbons (Fsp3) is 0.667.